The van der Waals surface area contributed by atoms with E-state index in [2.05, 4.69) is 15.5 Å². The summed E-state index contributed by atoms with van der Waals surface area (Å²) >= 11 is 0. The molecule has 2 fully saturated rings. The van der Waals surface area contributed by atoms with Gasteiger partial charge in [0.1, 0.15) is 0 Å². The highest BCUT2D eigenvalue weighted by Crippen LogP contribution is 2.05. The predicted octanol–water partition coefficient (Wildman–Crippen LogP) is 0.0503. The first-order valence-electron chi connectivity index (χ1n) is 6.69. The second-order valence-corrected chi connectivity index (χ2v) is 4.79. The summed E-state index contributed by atoms with van der Waals surface area (Å²) in [6.45, 7) is 9.05. The first-order valence-corrected chi connectivity index (χ1v) is 6.69. The van der Waals surface area contributed by atoms with Gasteiger partial charge >= 0.3 is 0 Å². The summed E-state index contributed by atoms with van der Waals surface area (Å²) in [6, 6.07) is 0.705. The van der Waals surface area contributed by atoms with Crippen LogP contribution in [-0.2, 0) is 4.74 Å². The lowest BCUT2D eigenvalue weighted by molar-refractivity contribution is 0.0777. The summed E-state index contributed by atoms with van der Waals surface area (Å²) in [5.41, 5.74) is 0. The molecule has 2 N–H and O–H groups in total. The predicted molar refractivity (Wildman–Crippen MR) is 65.8 cm³/mol. The topological polar surface area (TPSA) is 36.5 Å². The van der Waals surface area contributed by atoms with Gasteiger partial charge in [-0.1, -0.05) is 0 Å². The van der Waals surface area contributed by atoms with Gasteiger partial charge < -0.3 is 20.3 Å². The van der Waals surface area contributed by atoms with Gasteiger partial charge in [-0.15, -0.1) is 0 Å². The van der Waals surface area contributed by atoms with Crippen molar-refractivity contribution in [3.63, 3.8) is 0 Å². The maximum Gasteiger partial charge on any atom is 0.0480 e. The van der Waals surface area contributed by atoms with Crippen LogP contribution < -0.4 is 10.6 Å². The minimum absolute atomic E-state index is 0.705. The fraction of sp³-hybridized carbons (Fsp3) is 1.00. The van der Waals surface area contributed by atoms with Crippen LogP contribution in [-0.4, -0.2) is 63.4 Å². The molecular weight excluding hydrogens is 202 g/mol. The van der Waals surface area contributed by atoms with Crippen LogP contribution in [0.1, 0.15) is 19.3 Å². The molecule has 4 nitrogen and oxygen atoms in total. The molecule has 0 unspecified atom stereocenters. The fourth-order valence-electron chi connectivity index (χ4n) is 2.45. The van der Waals surface area contributed by atoms with Crippen molar-refractivity contribution in [2.45, 2.75) is 25.3 Å². The molecule has 0 saturated carbocycles. The van der Waals surface area contributed by atoms with Crippen molar-refractivity contribution in [2.75, 3.05) is 52.5 Å². The molecule has 0 amide bonds. The summed E-state index contributed by atoms with van der Waals surface area (Å²) in [5, 5.41) is 7.02. The van der Waals surface area contributed by atoms with Crippen LogP contribution in [0.15, 0.2) is 0 Å². The van der Waals surface area contributed by atoms with Gasteiger partial charge in [0.25, 0.3) is 0 Å². The van der Waals surface area contributed by atoms with E-state index in [0.29, 0.717) is 6.04 Å². The molecule has 16 heavy (non-hydrogen) atoms. The highest BCUT2D eigenvalue weighted by Gasteiger charge is 2.13. The molecule has 0 radical (unpaired) electrons. The summed E-state index contributed by atoms with van der Waals surface area (Å²) < 4.78 is 5.35. The number of rotatable bonds is 5. The van der Waals surface area contributed by atoms with Crippen molar-refractivity contribution < 1.29 is 4.74 Å². The van der Waals surface area contributed by atoms with Crippen LogP contribution in [0.4, 0.5) is 0 Å². The molecule has 0 aromatic rings. The highest BCUT2D eigenvalue weighted by molar-refractivity contribution is 4.71. The molecule has 2 heterocycles. The van der Waals surface area contributed by atoms with Crippen molar-refractivity contribution in [3.05, 3.63) is 0 Å². The lowest BCUT2D eigenvalue weighted by Crippen LogP contribution is -2.44. The minimum Gasteiger partial charge on any atom is -0.381 e. The average Bonchev–Trinajstić information content (AvgIpc) is 2.37. The molecule has 0 bridgehead atoms. The zero-order valence-corrected chi connectivity index (χ0v) is 10.2. The van der Waals surface area contributed by atoms with E-state index in [0.717, 1.165) is 32.8 Å². The number of hydrogen-bond donors (Lipinski definition) is 2. The number of nitrogens with zero attached hydrogens (tertiary/aromatic N) is 1. The monoisotopic (exact) mass is 227 g/mol. The zero-order valence-electron chi connectivity index (χ0n) is 10.2. The molecule has 94 valence electrons. The van der Waals surface area contributed by atoms with Gasteiger partial charge in [-0.05, 0) is 32.4 Å². The van der Waals surface area contributed by atoms with Crippen LogP contribution >= 0.6 is 0 Å². The fourth-order valence-corrected chi connectivity index (χ4v) is 2.45. The summed E-state index contributed by atoms with van der Waals surface area (Å²) in [6.07, 6.45) is 3.65. The van der Waals surface area contributed by atoms with Crippen molar-refractivity contribution in [3.8, 4) is 0 Å². The third-order valence-corrected chi connectivity index (χ3v) is 3.52. The van der Waals surface area contributed by atoms with E-state index in [9.17, 15) is 0 Å². The standard InChI is InChI=1S/C12H25N3O/c1(7-15-8-5-13-6-9-15)4-14-12-2-10-16-11-3-12/h12-14H,1-11H2. The minimum atomic E-state index is 0.705. The summed E-state index contributed by atoms with van der Waals surface area (Å²) in [4.78, 5) is 2.56. The van der Waals surface area contributed by atoms with Crippen molar-refractivity contribution in [1.82, 2.24) is 15.5 Å². The number of nitrogens with one attached hydrogen (secondary N) is 2. The first-order chi connectivity index (χ1) is 7.95. The first kappa shape index (κ1) is 12.3. The van der Waals surface area contributed by atoms with E-state index in [1.165, 1.54) is 38.9 Å². The molecule has 2 saturated heterocycles. The Kier molecular flexibility index (Phi) is 5.55. The maximum absolute atomic E-state index is 5.35. The van der Waals surface area contributed by atoms with E-state index in [-0.39, 0.29) is 0 Å². The van der Waals surface area contributed by atoms with E-state index in [4.69, 9.17) is 4.74 Å². The van der Waals surface area contributed by atoms with Crippen LogP contribution in [0.5, 0.6) is 0 Å². The van der Waals surface area contributed by atoms with Gasteiger partial charge in [0.05, 0.1) is 0 Å². The largest absolute Gasteiger partial charge is 0.381 e. The molecule has 2 rings (SSSR count). The maximum atomic E-state index is 5.35. The quantitative estimate of drug-likeness (QED) is 0.651. The molecule has 2 aliphatic rings. The Labute approximate surface area is 98.7 Å². The molecule has 2 aliphatic heterocycles. The Morgan fingerprint density at radius 1 is 1.19 bits per heavy atom. The van der Waals surface area contributed by atoms with Gasteiger partial charge in [-0.3, -0.25) is 0 Å². The Bertz CT molecular complexity index is 157. The third kappa shape index (κ3) is 4.37. The molecule has 0 spiro atoms. The van der Waals surface area contributed by atoms with Crippen LogP contribution in [0.25, 0.3) is 0 Å². The van der Waals surface area contributed by atoms with Crippen molar-refractivity contribution in [2.24, 2.45) is 0 Å². The molecule has 0 aromatic heterocycles. The summed E-state index contributed by atoms with van der Waals surface area (Å²) in [5.74, 6) is 0. The molecular formula is C12H25N3O. The molecule has 0 aliphatic carbocycles. The van der Waals surface area contributed by atoms with E-state index in [1.54, 1.807) is 0 Å². The Balaban J connectivity index is 1.47. The second kappa shape index (κ2) is 7.22. The second-order valence-electron chi connectivity index (χ2n) is 4.79. The highest BCUT2D eigenvalue weighted by atomic mass is 16.5. The van der Waals surface area contributed by atoms with Gasteiger partial charge in [0, 0.05) is 45.4 Å². The van der Waals surface area contributed by atoms with Gasteiger partial charge in [0.2, 0.25) is 0 Å². The van der Waals surface area contributed by atoms with Crippen molar-refractivity contribution in [1.29, 1.82) is 0 Å². The van der Waals surface area contributed by atoms with E-state index in [1.807, 2.05) is 0 Å². The SMILES string of the molecule is C(CNC1CCOCC1)CN1CCNCC1. The number of piperazine rings is 1. The van der Waals surface area contributed by atoms with Crippen LogP contribution in [0.2, 0.25) is 0 Å². The van der Waals surface area contributed by atoms with Crippen LogP contribution in [0.3, 0.4) is 0 Å². The van der Waals surface area contributed by atoms with Gasteiger partial charge in [0.15, 0.2) is 0 Å². The van der Waals surface area contributed by atoms with Crippen molar-refractivity contribution >= 4 is 0 Å². The summed E-state index contributed by atoms with van der Waals surface area (Å²) in [7, 11) is 0. The average molecular weight is 227 g/mol. The third-order valence-electron chi connectivity index (χ3n) is 3.52. The van der Waals surface area contributed by atoms with Gasteiger partial charge in [-0.2, -0.15) is 0 Å². The normalized spacial score (nSPS) is 24.8. The Morgan fingerprint density at radius 2 is 1.94 bits per heavy atom. The van der Waals surface area contributed by atoms with Gasteiger partial charge in [-0.25, -0.2) is 0 Å². The van der Waals surface area contributed by atoms with Crippen LogP contribution in [0, 0.1) is 0 Å². The van der Waals surface area contributed by atoms with E-state index < -0.39 is 0 Å². The molecule has 0 aromatic carbocycles. The van der Waals surface area contributed by atoms with E-state index >= 15 is 0 Å². The Hall–Kier alpha value is -0.160. The molecule has 4 heteroatoms. The zero-order chi connectivity index (χ0) is 11.1. The lowest BCUT2D eigenvalue weighted by atomic mass is 10.1. The number of ether oxygens (including phenoxy) is 1. The molecule has 0 atom stereocenters. The Morgan fingerprint density at radius 3 is 2.69 bits per heavy atom. The lowest BCUT2D eigenvalue weighted by Gasteiger charge is -2.28. The number of hydrogen-bond acceptors (Lipinski definition) is 4. The smallest absolute Gasteiger partial charge is 0.0480 e.